The third-order valence-corrected chi connectivity index (χ3v) is 5.68. The van der Waals surface area contributed by atoms with Gasteiger partial charge in [-0.15, -0.1) is 0 Å². The highest BCUT2D eigenvalue weighted by Gasteiger charge is 2.35. The molecule has 1 aliphatic heterocycles. The van der Waals surface area contributed by atoms with Gasteiger partial charge in [-0.1, -0.05) is 36.4 Å². The number of anilines is 2. The van der Waals surface area contributed by atoms with Crippen molar-refractivity contribution >= 4 is 29.1 Å². The summed E-state index contributed by atoms with van der Waals surface area (Å²) in [6.07, 6.45) is 0.170. The summed E-state index contributed by atoms with van der Waals surface area (Å²) in [7, 11) is 1.56. The summed E-state index contributed by atoms with van der Waals surface area (Å²) in [6, 6.07) is 23.6. The second-order valence-electron chi connectivity index (χ2n) is 8.17. The number of hydrogen-bond donors (Lipinski definition) is 2. The summed E-state index contributed by atoms with van der Waals surface area (Å²) in [4.78, 5) is 38.9. The van der Waals surface area contributed by atoms with Crippen LogP contribution in [0.1, 0.15) is 12.0 Å². The maximum atomic E-state index is 12.6. The van der Waals surface area contributed by atoms with E-state index in [1.807, 2.05) is 30.3 Å². The van der Waals surface area contributed by atoms with Crippen LogP contribution in [0.3, 0.4) is 0 Å². The first kappa shape index (κ1) is 23.8. The van der Waals surface area contributed by atoms with E-state index in [1.165, 1.54) is 0 Å². The van der Waals surface area contributed by atoms with Gasteiger partial charge in [-0.25, -0.2) is 0 Å². The Hall–Kier alpha value is -4.33. The first-order valence-electron chi connectivity index (χ1n) is 11.3. The highest BCUT2D eigenvalue weighted by atomic mass is 16.5. The van der Waals surface area contributed by atoms with Crippen molar-refractivity contribution in [3.63, 3.8) is 0 Å². The smallest absolute Gasteiger partial charge is 0.262 e. The number of nitrogens with one attached hydrogen (secondary N) is 2. The van der Waals surface area contributed by atoms with Gasteiger partial charge in [0.15, 0.2) is 6.61 Å². The van der Waals surface area contributed by atoms with Crippen LogP contribution in [0.25, 0.3) is 0 Å². The van der Waals surface area contributed by atoms with Crippen molar-refractivity contribution in [2.24, 2.45) is 5.92 Å². The number of amides is 3. The normalized spacial score (nSPS) is 14.9. The minimum atomic E-state index is -0.401. The fourth-order valence-electron chi connectivity index (χ4n) is 3.83. The SMILES string of the molecule is COc1cccc(NC(=O)COc2ccc(N3C[C@@H](C(=O)NCc4ccccc4)CC3=O)cc2)c1. The van der Waals surface area contributed by atoms with Crippen molar-refractivity contribution in [3.8, 4) is 11.5 Å². The molecule has 0 bridgehead atoms. The fourth-order valence-corrected chi connectivity index (χ4v) is 3.83. The van der Waals surface area contributed by atoms with Crippen molar-refractivity contribution in [2.45, 2.75) is 13.0 Å². The predicted molar refractivity (Wildman–Crippen MR) is 132 cm³/mol. The Balaban J connectivity index is 1.26. The molecule has 0 aliphatic carbocycles. The Morgan fingerprint density at radius 2 is 1.74 bits per heavy atom. The van der Waals surface area contributed by atoms with Gasteiger partial charge in [0.25, 0.3) is 5.91 Å². The van der Waals surface area contributed by atoms with Crippen molar-refractivity contribution in [2.75, 3.05) is 30.5 Å². The number of ether oxygens (including phenoxy) is 2. The van der Waals surface area contributed by atoms with Gasteiger partial charge in [0.2, 0.25) is 11.8 Å². The quantitative estimate of drug-likeness (QED) is 0.497. The van der Waals surface area contributed by atoms with E-state index in [9.17, 15) is 14.4 Å². The number of nitrogens with zero attached hydrogens (tertiary/aromatic N) is 1. The van der Waals surface area contributed by atoms with E-state index in [1.54, 1.807) is 60.5 Å². The van der Waals surface area contributed by atoms with E-state index < -0.39 is 5.92 Å². The Kier molecular flexibility index (Phi) is 7.62. The molecule has 0 unspecified atom stereocenters. The monoisotopic (exact) mass is 473 g/mol. The van der Waals surface area contributed by atoms with E-state index in [0.717, 1.165) is 5.56 Å². The molecule has 0 radical (unpaired) electrons. The zero-order valence-corrected chi connectivity index (χ0v) is 19.4. The lowest BCUT2D eigenvalue weighted by atomic mass is 10.1. The summed E-state index contributed by atoms with van der Waals surface area (Å²) in [5.74, 6) is 0.205. The van der Waals surface area contributed by atoms with E-state index in [2.05, 4.69) is 10.6 Å². The molecule has 0 saturated carbocycles. The fraction of sp³-hybridized carbons (Fsp3) is 0.222. The lowest BCUT2D eigenvalue weighted by Gasteiger charge is -2.17. The van der Waals surface area contributed by atoms with E-state index >= 15 is 0 Å². The molecule has 1 aliphatic rings. The van der Waals surface area contributed by atoms with E-state index in [0.29, 0.717) is 36.0 Å². The van der Waals surface area contributed by atoms with Gasteiger partial charge < -0.3 is 25.0 Å². The zero-order valence-electron chi connectivity index (χ0n) is 19.4. The summed E-state index contributed by atoms with van der Waals surface area (Å²) in [6.45, 7) is 0.591. The molecule has 4 rings (SSSR count). The Morgan fingerprint density at radius 3 is 2.49 bits per heavy atom. The third kappa shape index (κ3) is 6.38. The van der Waals surface area contributed by atoms with Gasteiger partial charge in [0, 0.05) is 37.0 Å². The van der Waals surface area contributed by atoms with Crippen molar-refractivity contribution < 1.29 is 23.9 Å². The molecule has 1 fully saturated rings. The number of methoxy groups -OCH3 is 1. The van der Waals surface area contributed by atoms with Crippen LogP contribution in [0.4, 0.5) is 11.4 Å². The Bertz CT molecular complexity index is 1180. The van der Waals surface area contributed by atoms with Crippen LogP contribution in [0.15, 0.2) is 78.9 Å². The molecule has 1 heterocycles. The van der Waals surface area contributed by atoms with Gasteiger partial charge in [-0.05, 0) is 42.0 Å². The molecule has 8 heteroatoms. The Morgan fingerprint density at radius 1 is 0.971 bits per heavy atom. The summed E-state index contributed by atoms with van der Waals surface area (Å²) >= 11 is 0. The lowest BCUT2D eigenvalue weighted by molar-refractivity contribution is -0.126. The van der Waals surface area contributed by atoms with Crippen molar-refractivity contribution in [1.82, 2.24) is 5.32 Å². The lowest BCUT2D eigenvalue weighted by Crippen LogP contribution is -2.32. The van der Waals surface area contributed by atoms with Gasteiger partial charge in [-0.3, -0.25) is 14.4 Å². The van der Waals surface area contributed by atoms with Crippen LogP contribution >= 0.6 is 0 Å². The molecule has 2 N–H and O–H groups in total. The van der Waals surface area contributed by atoms with Crippen LogP contribution in [-0.4, -0.2) is 38.0 Å². The molecule has 35 heavy (non-hydrogen) atoms. The van der Waals surface area contributed by atoms with Gasteiger partial charge in [-0.2, -0.15) is 0 Å². The van der Waals surface area contributed by atoms with Crippen molar-refractivity contribution in [3.05, 3.63) is 84.4 Å². The van der Waals surface area contributed by atoms with Crippen molar-refractivity contribution in [1.29, 1.82) is 0 Å². The highest BCUT2D eigenvalue weighted by molar-refractivity contribution is 6.00. The molecule has 180 valence electrons. The minimum Gasteiger partial charge on any atom is -0.497 e. The third-order valence-electron chi connectivity index (χ3n) is 5.68. The second-order valence-corrected chi connectivity index (χ2v) is 8.17. The molecular weight excluding hydrogens is 446 g/mol. The number of carbonyl (C=O) groups excluding carboxylic acids is 3. The number of benzene rings is 3. The molecule has 3 amide bonds. The number of carbonyl (C=O) groups is 3. The molecule has 1 saturated heterocycles. The summed E-state index contributed by atoms with van der Waals surface area (Å²) < 4.78 is 10.7. The predicted octanol–water partition coefficient (Wildman–Crippen LogP) is 3.38. The van der Waals surface area contributed by atoms with Crippen LogP contribution in [-0.2, 0) is 20.9 Å². The average molecular weight is 474 g/mol. The second kappa shape index (κ2) is 11.2. The summed E-state index contributed by atoms with van der Waals surface area (Å²) in [5, 5.41) is 5.66. The maximum absolute atomic E-state index is 12.6. The standard InChI is InChI=1S/C27H27N3O5/c1-34-24-9-5-8-21(15-24)29-25(31)18-35-23-12-10-22(11-13-23)30-17-20(14-26(30)32)27(33)28-16-19-6-3-2-4-7-19/h2-13,15,20H,14,16-18H2,1H3,(H,28,33)(H,29,31)/t20-/m0/s1. The first-order valence-corrected chi connectivity index (χ1v) is 11.3. The largest absolute Gasteiger partial charge is 0.497 e. The van der Waals surface area contributed by atoms with Gasteiger partial charge >= 0.3 is 0 Å². The molecular formula is C27H27N3O5. The molecule has 8 nitrogen and oxygen atoms in total. The summed E-state index contributed by atoms with van der Waals surface area (Å²) in [5.41, 5.74) is 2.31. The maximum Gasteiger partial charge on any atom is 0.262 e. The van der Waals surface area contributed by atoms with Crippen LogP contribution in [0.5, 0.6) is 11.5 Å². The number of hydrogen-bond acceptors (Lipinski definition) is 5. The minimum absolute atomic E-state index is 0.101. The average Bonchev–Trinajstić information content (AvgIpc) is 3.28. The van der Waals surface area contributed by atoms with Crippen LogP contribution in [0.2, 0.25) is 0 Å². The molecule has 0 spiro atoms. The van der Waals surface area contributed by atoms with E-state index in [-0.39, 0.29) is 30.7 Å². The van der Waals surface area contributed by atoms with Gasteiger partial charge in [0.1, 0.15) is 11.5 Å². The number of rotatable bonds is 9. The molecule has 3 aromatic carbocycles. The molecule has 0 aromatic heterocycles. The molecule has 1 atom stereocenters. The topological polar surface area (TPSA) is 97.0 Å². The molecule has 3 aromatic rings. The van der Waals surface area contributed by atoms with Gasteiger partial charge in [0.05, 0.1) is 13.0 Å². The van der Waals surface area contributed by atoms with Crippen LogP contribution in [0, 0.1) is 5.92 Å². The zero-order chi connectivity index (χ0) is 24.6. The highest BCUT2D eigenvalue weighted by Crippen LogP contribution is 2.27. The first-order chi connectivity index (χ1) is 17.0. The van der Waals surface area contributed by atoms with Crippen LogP contribution < -0.4 is 25.0 Å². The van der Waals surface area contributed by atoms with E-state index in [4.69, 9.17) is 9.47 Å². The Labute approximate surface area is 203 Å².